The van der Waals surface area contributed by atoms with Gasteiger partial charge >= 0.3 is 0 Å². The third-order valence-corrected chi connectivity index (χ3v) is 6.26. The molecule has 130 valence electrons. The normalized spacial score (nSPS) is 22.5. The van der Waals surface area contributed by atoms with E-state index in [0.29, 0.717) is 38.4 Å². The SMILES string of the molecule is Cl.O=C(CCCS(=O)(=O)N1CCCC1)NCCC1CCNC1. The van der Waals surface area contributed by atoms with Gasteiger partial charge in [-0.1, -0.05) is 0 Å². The van der Waals surface area contributed by atoms with Gasteiger partial charge in [-0.15, -0.1) is 12.4 Å². The van der Waals surface area contributed by atoms with Crippen molar-refractivity contribution in [3.63, 3.8) is 0 Å². The minimum absolute atomic E-state index is 0. The molecule has 2 heterocycles. The van der Waals surface area contributed by atoms with E-state index in [0.717, 1.165) is 32.4 Å². The van der Waals surface area contributed by atoms with E-state index in [1.807, 2.05) is 0 Å². The van der Waals surface area contributed by atoms with E-state index in [-0.39, 0.29) is 24.1 Å². The van der Waals surface area contributed by atoms with Gasteiger partial charge in [0, 0.05) is 26.1 Å². The molecule has 1 amide bonds. The fourth-order valence-corrected chi connectivity index (χ4v) is 4.56. The molecule has 0 spiro atoms. The van der Waals surface area contributed by atoms with Gasteiger partial charge in [-0.3, -0.25) is 4.79 Å². The molecule has 1 unspecified atom stereocenters. The molecule has 22 heavy (non-hydrogen) atoms. The highest BCUT2D eigenvalue weighted by atomic mass is 35.5. The van der Waals surface area contributed by atoms with Gasteiger partial charge in [-0.25, -0.2) is 12.7 Å². The van der Waals surface area contributed by atoms with E-state index >= 15 is 0 Å². The summed E-state index contributed by atoms with van der Waals surface area (Å²) < 4.78 is 25.5. The molecular weight excluding hydrogens is 326 g/mol. The minimum Gasteiger partial charge on any atom is -0.356 e. The number of carbonyl (C=O) groups excluding carboxylic acids is 1. The largest absolute Gasteiger partial charge is 0.356 e. The molecule has 2 N–H and O–H groups in total. The summed E-state index contributed by atoms with van der Waals surface area (Å²) in [4.78, 5) is 11.7. The van der Waals surface area contributed by atoms with Gasteiger partial charge in [-0.2, -0.15) is 0 Å². The molecule has 0 aromatic rings. The van der Waals surface area contributed by atoms with Crippen molar-refractivity contribution in [2.75, 3.05) is 38.5 Å². The summed E-state index contributed by atoms with van der Waals surface area (Å²) in [6.45, 7) is 4.11. The van der Waals surface area contributed by atoms with Crippen LogP contribution in [0.2, 0.25) is 0 Å². The molecule has 6 nitrogen and oxygen atoms in total. The van der Waals surface area contributed by atoms with Crippen molar-refractivity contribution >= 4 is 28.3 Å². The van der Waals surface area contributed by atoms with Crippen LogP contribution in [-0.4, -0.2) is 57.1 Å². The van der Waals surface area contributed by atoms with Crippen LogP contribution in [0.1, 0.15) is 38.5 Å². The fraction of sp³-hybridized carbons (Fsp3) is 0.929. The second-order valence-electron chi connectivity index (χ2n) is 6.02. The highest BCUT2D eigenvalue weighted by Crippen LogP contribution is 2.14. The molecule has 2 rings (SSSR count). The lowest BCUT2D eigenvalue weighted by Crippen LogP contribution is -2.31. The van der Waals surface area contributed by atoms with Crippen molar-refractivity contribution < 1.29 is 13.2 Å². The average molecular weight is 354 g/mol. The van der Waals surface area contributed by atoms with Gasteiger partial charge in [-0.05, 0) is 51.1 Å². The standard InChI is InChI=1S/C14H27N3O3S.ClH/c18-14(16-8-6-13-5-7-15-12-13)4-3-11-21(19,20)17-9-1-2-10-17;/h13,15H,1-12H2,(H,16,18);1H. The van der Waals surface area contributed by atoms with Crippen molar-refractivity contribution in [2.24, 2.45) is 5.92 Å². The lowest BCUT2D eigenvalue weighted by Gasteiger charge is -2.15. The Morgan fingerprint density at radius 2 is 2.00 bits per heavy atom. The Morgan fingerprint density at radius 3 is 2.64 bits per heavy atom. The summed E-state index contributed by atoms with van der Waals surface area (Å²) in [5.41, 5.74) is 0. The summed E-state index contributed by atoms with van der Waals surface area (Å²) >= 11 is 0. The fourth-order valence-electron chi connectivity index (χ4n) is 2.98. The van der Waals surface area contributed by atoms with E-state index in [2.05, 4.69) is 10.6 Å². The van der Waals surface area contributed by atoms with Gasteiger partial charge in [0.2, 0.25) is 15.9 Å². The van der Waals surface area contributed by atoms with Crippen LogP contribution in [0.4, 0.5) is 0 Å². The smallest absolute Gasteiger partial charge is 0.220 e. The third-order valence-electron chi connectivity index (χ3n) is 4.30. The lowest BCUT2D eigenvalue weighted by atomic mass is 10.1. The van der Waals surface area contributed by atoms with E-state index in [1.165, 1.54) is 6.42 Å². The summed E-state index contributed by atoms with van der Waals surface area (Å²) in [6.07, 6.45) is 4.81. The first-order valence-corrected chi connectivity index (χ1v) is 9.64. The van der Waals surface area contributed by atoms with Crippen molar-refractivity contribution in [3.8, 4) is 0 Å². The van der Waals surface area contributed by atoms with Crippen molar-refractivity contribution in [3.05, 3.63) is 0 Å². The number of halogens is 1. The van der Waals surface area contributed by atoms with Crippen LogP contribution in [-0.2, 0) is 14.8 Å². The predicted molar refractivity (Wildman–Crippen MR) is 89.7 cm³/mol. The van der Waals surface area contributed by atoms with Gasteiger partial charge < -0.3 is 10.6 Å². The summed E-state index contributed by atoms with van der Waals surface area (Å²) in [5.74, 6) is 0.728. The Kier molecular flexibility index (Phi) is 8.67. The number of hydrogen-bond donors (Lipinski definition) is 2. The predicted octanol–water partition coefficient (Wildman–Crippen LogP) is 0.730. The van der Waals surface area contributed by atoms with E-state index in [1.54, 1.807) is 4.31 Å². The first-order valence-electron chi connectivity index (χ1n) is 8.03. The Bertz CT molecular complexity index is 433. The number of nitrogens with one attached hydrogen (secondary N) is 2. The highest BCUT2D eigenvalue weighted by molar-refractivity contribution is 7.89. The number of sulfonamides is 1. The van der Waals surface area contributed by atoms with Gasteiger partial charge in [0.05, 0.1) is 5.75 Å². The van der Waals surface area contributed by atoms with Crippen LogP contribution in [0.3, 0.4) is 0 Å². The first-order chi connectivity index (χ1) is 10.1. The zero-order chi connectivity index (χ0) is 15.1. The Hall–Kier alpha value is -0.370. The maximum atomic E-state index is 12.0. The zero-order valence-electron chi connectivity index (χ0n) is 13.1. The number of rotatable bonds is 8. The molecule has 0 bridgehead atoms. The molecular formula is C14H28ClN3O3S. The second kappa shape index (κ2) is 9.70. The maximum absolute atomic E-state index is 12.0. The molecule has 0 aromatic carbocycles. The molecule has 2 fully saturated rings. The van der Waals surface area contributed by atoms with Crippen LogP contribution in [0.15, 0.2) is 0 Å². The molecule has 0 aliphatic carbocycles. The number of hydrogen-bond acceptors (Lipinski definition) is 4. The molecule has 8 heteroatoms. The first kappa shape index (κ1) is 19.7. The summed E-state index contributed by atoms with van der Waals surface area (Å²) in [7, 11) is -3.14. The number of carbonyl (C=O) groups is 1. The van der Waals surface area contributed by atoms with E-state index < -0.39 is 10.0 Å². The molecule has 0 saturated carbocycles. The van der Waals surface area contributed by atoms with Crippen LogP contribution in [0, 0.1) is 5.92 Å². The zero-order valence-corrected chi connectivity index (χ0v) is 14.7. The molecule has 0 aromatic heterocycles. The summed E-state index contributed by atoms with van der Waals surface area (Å²) in [6, 6.07) is 0. The van der Waals surface area contributed by atoms with Crippen LogP contribution in [0.25, 0.3) is 0 Å². The topological polar surface area (TPSA) is 78.5 Å². The van der Waals surface area contributed by atoms with Crippen LogP contribution < -0.4 is 10.6 Å². The Morgan fingerprint density at radius 1 is 1.27 bits per heavy atom. The number of amides is 1. The quantitative estimate of drug-likeness (QED) is 0.674. The van der Waals surface area contributed by atoms with E-state index in [9.17, 15) is 13.2 Å². The Balaban J connectivity index is 0.00000242. The highest BCUT2D eigenvalue weighted by Gasteiger charge is 2.24. The Labute approximate surface area is 139 Å². The van der Waals surface area contributed by atoms with Crippen molar-refractivity contribution in [2.45, 2.75) is 38.5 Å². The number of nitrogens with zero attached hydrogens (tertiary/aromatic N) is 1. The van der Waals surface area contributed by atoms with Crippen molar-refractivity contribution in [1.29, 1.82) is 0 Å². The molecule has 0 radical (unpaired) electrons. The third kappa shape index (κ3) is 6.40. The van der Waals surface area contributed by atoms with Gasteiger partial charge in [0.1, 0.15) is 0 Å². The maximum Gasteiger partial charge on any atom is 0.220 e. The van der Waals surface area contributed by atoms with Crippen LogP contribution >= 0.6 is 12.4 Å². The summed E-state index contributed by atoms with van der Waals surface area (Å²) in [5, 5.41) is 6.19. The molecule has 2 saturated heterocycles. The molecule has 2 aliphatic rings. The molecule has 1 atom stereocenters. The van der Waals surface area contributed by atoms with Crippen LogP contribution in [0.5, 0.6) is 0 Å². The monoisotopic (exact) mass is 353 g/mol. The second-order valence-corrected chi connectivity index (χ2v) is 8.11. The van der Waals surface area contributed by atoms with Crippen molar-refractivity contribution in [1.82, 2.24) is 14.9 Å². The lowest BCUT2D eigenvalue weighted by molar-refractivity contribution is -0.121. The molecule has 2 aliphatic heterocycles. The van der Waals surface area contributed by atoms with Gasteiger partial charge in [0.15, 0.2) is 0 Å². The minimum atomic E-state index is -3.14. The van der Waals surface area contributed by atoms with Gasteiger partial charge in [0.25, 0.3) is 0 Å². The van der Waals surface area contributed by atoms with E-state index in [4.69, 9.17) is 0 Å². The average Bonchev–Trinajstić information content (AvgIpc) is 3.12.